The molecule has 1 rings (SSSR count). The molecule has 6 heteroatoms. The second kappa shape index (κ2) is 7.24. The quantitative estimate of drug-likeness (QED) is 0.814. The van der Waals surface area contributed by atoms with Crippen molar-refractivity contribution in [2.45, 2.75) is 53.1 Å². The molecule has 21 heavy (non-hydrogen) atoms. The van der Waals surface area contributed by atoms with E-state index in [2.05, 4.69) is 10.4 Å². The first-order chi connectivity index (χ1) is 9.81. The van der Waals surface area contributed by atoms with Crippen molar-refractivity contribution in [2.24, 2.45) is 5.92 Å². The largest absolute Gasteiger partial charge is 0.467 e. The first-order valence-electron chi connectivity index (χ1n) is 7.28. The second-order valence-corrected chi connectivity index (χ2v) is 5.64. The molecule has 0 saturated heterocycles. The van der Waals surface area contributed by atoms with Gasteiger partial charge in [-0.25, -0.2) is 4.79 Å². The Morgan fingerprint density at radius 1 is 1.33 bits per heavy atom. The minimum Gasteiger partial charge on any atom is -0.467 e. The third-order valence-corrected chi connectivity index (χ3v) is 3.33. The number of methoxy groups -OCH3 is 1. The average Bonchev–Trinajstić information content (AvgIpc) is 2.87. The van der Waals surface area contributed by atoms with E-state index in [-0.39, 0.29) is 17.7 Å². The number of ether oxygens (including phenoxy) is 1. The van der Waals surface area contributed by atoms with Crippen molar-refractivity contribution in [1.29, 1.82) is 0 Å². The van der Waals surface area contributed by atoms with Crippen molar-refractivity contribution in [3.63, 3.8) is 0 Å². The molecule has 0 radical (unpaired) electrons. The first-order valence-corrected chi connectivity index (χ1v) is 7.28. The molecule has 0 aliphatic heterocycles. The average molecular weight is 295 g/mol. The molecule has 1 aromatic rings. The van der Waals surface area contributed by atoms with Crippen molar-refractivity contribution < 1.29 is 14.3 Å². The van der Waals surface area contributed by atoms with Crippen LogP contribution in [0.1, 0.15) is 56.7 Å². The van der Waals surface area contributed by atoms with Crippen molar-refractivity contribution in [3.05, 3.63) is 17.5 Å². The van der Waals surface area contributed by atoms with E-state index in [0.29, 0.717) is 12.2 Å². The lowest BCUT2D eigenvalue weighted by atomic mass is 10.0. The minimum absolute atomic E-state index is 0.0519. The van der Waals surface area contributed by atoms with Gasteiger partial charge in [-0.15, -0.1) is 0 Å². The topological polar surface area (TPSA) is 73.2 Å². The molecule has 1 unspecified atom stereocenters. The van der Waals surface area contributed by atoms with Crippen LogP contribution in [0.3, 0.4) is 0 Å². The monoisotopic (exact) mass is 295 g/mol. The zero-order valence-corrected chi connectivity index (χ0v) is 13.6. The molecule has 1 heterocycles. The zero-order chi connectivity index (χ0) is 16.2. The van der Waals surface area contributed by atoms with E-state index >= 15 is 0 Å². The molecular weight excluding hydrogens is 270 g/mol. The molecule has 1 atom stereocenters. The van der Waals surface area contributed by atoms with Gasteiger partial charge in [-0.2, -0.15) is 5.10 Å². The summed E-state index contributed by atoms with van der Waals surface area (Å²) in [6, 6.07) is 1.11. The Balaban J connectivity index is 2.99. The molecule has 0 aliphatic rings. The van der Waals surface area contributed by atoms with E-state index in [4.69, 9.17) is 4.74 Å². The Kier molecular flexibility index (Phi) is 5.93. The van der Waals surface area contributed by atoms with Gasteiger partial charge in [-0.05, 0) is 24.8 Å². The second-order valence-electron chi connectivity index (χ2n) is 5.64. The van der Waals surface area contributed by atoms with Crippen LogP contribution in [0.25, 0.3) is 0 Å². The molecule has 0 fully saturated rings. The van der Waals surface area contributed by atoms with Gasteiger partial charge in [0, 0.05) is 6.54 Å². The summed E-state index contributed by atoms with van der Waals surface area (Å²) < 4.78 is 6.39. The molecule has 0 saturated carbocycles. The number of rotatable bonds is 6. The van der Waals surface area contributed by atoms with E-state index < -0.39 is 12.0 Å². The molecule has 0 aliphatic carbocycles. The van der Waals surface area contributed by atoms with Crippen molar-refractivity contribution in [2.75, 3.05) is 7.11 Å². The van der Waals surface area contributed by atoms with Crippen LogP contribution in [0, 0.1) is 5.92 Å². The van der Waals surface area contributed by atoms with Gasteiger partial charge in [0.1, 0.15) is 11.7 Å². The van der Waals surface area contributed by atoms with Crippen LogP contribution in [0.4, 0.5) is 0 Å². The number of esters is 1. The van der Waals surface area contributed by atoms with Gasteiger partial charge >= 0.3 is 5.97 Å². The molecule has 1 amide bonds. The van der Waals surface area contributed by atoms with Crippen LogP contribution in [0.15, 0.2) is 6.07 Å². The SMILES string of the molecule is CCn1nc(C(C)C)cc1C(=O)NC(C(=O)OC)C(C)C. The van der Waals surface area contributed by atoms with Crippen LogP contribution in [0.2, 0.25) is 0 Å². The molecule has 0 bridgehead atoms. The third-order valence-electron chi connectivity index (χ3n) is 3.33. The number of hydrogen-bond acceptors (Lipinski definition) is 4. The maximum atomic E-state index is 12.4. The highest BCUT2D eigenvalue weighted by molar-refractivity contribution is 5.95. The molecule has 0 aromatic carbocycles. The van der Waals surface area contributed by atoms with E-state index in [1.165, 1.54) is 7.11 Å². The fourth-order valence-electron chi connectivity index (χ4n) is 1.98. The maximum Gasteiger partial charge on any atom is 0.328 e. The Bertz CT molecular complexity index is 506. The number of nitrogens with zero attached hydrogens (tertiary/aromatic N) is 2. The third kappa shape index (κ3) is 4.06. The van der Waals surface area contributed by atoms with Gasteiger partial charge in [0.05, 0.1) is 12.8 Å². The van der Waals surface area contributed by atoms with Gasteiger partial charge in [-0.3, -0.25) is 9.48 Å². The summed E-state index contributed by atoms with van der Waals surface area (Å²) in [7, 11) is 1.32. The summed E-state index contributed by atoms with van der Waals surface area (Å²) in [6.07, 6.45) is 0. The van der Waals surface area contributed by atoms with Gasteiger partial charge in [-0.1, -0.05) is 27.7 Å². The number of carbonyl (C=O) groups excluding carboxylic acids is 2. The van der Waals surface area contributed by atoms with Crippen molar-refractivity contribution >= 4 is 11.9 Å². The van der Waals surface area contributed by atoms with Gasteiger partial charge in [0.2, 0.25) is 0 Å². The Morgan fingerprint density at radius 3 is 2.38 bits per heavy atom. The van der Waals surface area contributed by atoms with Crippen molar-refractivity contribution in [1.82, 2.24) is 15.1 Å². The number of nitrogens with one attached hydrogen (secondary N) is 1. The summed E-state index contributed by atoms with van der Waals surface area (Å²) in [6.45, 7) is 10.3. The van der Waals surface area contributed by atoms with Gasteiger partial charge in [0.25, 0.3) is 5.91 Å². The van der Waals surface area contributed by atoms with E-state index in [1.54, 1.807) is 10.7 Å². The summed E-state index contributed by atoms with van der Waals surface area (Å²) in [5, 5.41) is 7.14. The molecule has 1 aromatic heterocycles. The number of aryl methyl sites for hydroxylation is 1. The highest BCUT2D eigenvalue weighted by Gasteiger charge is 2.27. The fourth-order valence-corrected chi connectivity index (χ4v) is 1.98. The predicted octanol–water partition coefficient (Wildman–Crippen LogP) is 1.95. The summed E-state index contributed by atoms with van der Waals surface area (Å²) in [5.41, 5.74) is 1.33. The lowest BCUT2D eigenvalue weighted by Crippen LogP contribution is -2.45. The number of carbonyl (C=O) groups is 2. The molecule has 0 spiro atoms. The molecule has 1 N–H and O–H groups in total. The van der Waals surface area contributed by atoms with E-state index in [0.717, 1.165) is 5.69 Å². The molecule has 118 valence electrons. The number of hydrogen-bond donors (Lipinski definition) is 1. The summed E-state index contributed by atoms with van der Waals surface area (Å²) in [4.78, 5) is 24.1. The molecular formula is C15H25N3O3. The summed E-state index contributed by atoms with van der Waals surface area (Å²) in [5.74, 6) is -0.555. The lowest BCUT2D eigenvalue weighted by Gasteiger charge is -2.19. The first kappa shape index (κ1) is 17.2. The standard InChI is InChI=1S/C15H25N3O3/c1-7-18-12(8-11(17-18)9(2)3)14(19)16-13(10(4)5)15(20)21-6/h8-10,13H,7H2,1-6H3,(H,16,19). The Labute approximate surface area is 125 Å². The van der Waals surface area contributed by atoms with Gasteiger partial charge in [0.15, 0.2) is 0 Å². The van der Waals surface area contributed by atoms with E-state index in [1.807, 2.05) is 34.6 Å². The highest BCUT2D eigenvalue weighted by Crippen LogP contribution is 2.15. The van der Waals surface area contributed by atoms with E-state index in [9.17, 15) is 9.59 Å². The Morgan fingerprint density at radius 2 is 1.95 bits per heavy atom. The Hall–Kier alpha value is -1.85. The van der Waals surface area contributed by atoms with Crippen LogP contribution < -0.4 is 5.32 Å². The zero-order valence-electron chi connectivity index (χ0n) is 13.6. The number of amides is 1. The fraction of sp³-hybridized carbons (Fsp3) is 0.667. The minimum atomic E-state index is -0.662. The van der Waals surface area contributed by atoms with Crippen molar-refractivity contribution in [3.8, 4) is 0 Å². The molecule has 6 nitrogen and oxygen atoms in total. The maximum absolute atomic E-state index is 12.4. The van der Waals surface area contributed by atoms with Crippen LogP contribution >= 0.6 is 0 Å². The van der Waals surface area contributed by atoms with Crippen LogP contribution in [0.5, 0.6) is 0 Å². The van der Waals surface area contributed by atoms with Crippen LogP contribution in [-0.4, -0.2) is 34.8 Å². The smallest absolute Gasteiger partial charge is 0.328 e. The normalized spacial score (nSPS) is 12.6. The van der Waals surface area contributed by atoms with Crippen LogP contribution in [-0.2, 0) is 16.1 Å². The van der Waals surface area contributed by atoms with Gasteiger partial charge < -0.3 is 10.1 Å². The lowest BCUT2D eigenvalue weighted by molar-refractivity contribution is -0.144. The predicted molar refractivity (Wildman–Crippen MR) is 80.1 cm³/mol. The highest BCUT2D eigenvalue weighted by atomic mass is 16.5. The summed E-state index contributed by atoms with van der Waals surface area (Å²) >= 11 is 0. The number of aromatic nitrogens is 2.